The molecule has 0 fully saturated rings. The third-order valence-electron chi connectivity index (χ3n) is 3.95. The minimum atomic E-state index is -6.28. The van der Waals surface area contributed by atoms with Crippen LogP contribution in [0.3, 0.4) is 0 Å². The van der Waals surface area contributed by atoms with E-state index in [0.717, 1.165) is 18.2 Å². The summed E-state index contributed by atoms with van der Waals surface area (Å²) in [6.07, 6.45) is -11.3. The van der Waals surface area contributed by atoms with Gasteiger partial charge in [0.2, 0.25) is 0 Å². The van der Waals surface area contributed by atoms with E-state index in [2.05, 4.69) is 21.2 Å². The molecule has 0 saturated heterocycles. The number of thioether (sulfide) groups is 1. The monoisotopic (exact) mass is 522 g/mol. The molecule has 0 aliphatic rings. The predicted octanol–water partition coefficient (Wildman–Crippen LogP) is 6.43. The Labute approximate surface area is 177 Å². The lowest BCUT2D eigenvalue weighted by atomic mass is 9.94. The molecule has 13 heteroatoms. The van der Waals surface area contributed by atoms with E-state index >= 15 is 0 Å². The van der Waals surface area contributed by atoms with Gasteiger partial charge in [0.05, 0.1) is 11.4 Å². The summed E-state index contributed by atoms with van der Waals surface area (Å²) in [6, 6.07) is 3.61. The molecule has 30 heavy (non-hydrogen) atoms. The first-order valence-electron chi connectivity index (χ1n) is 7.70. The van der Waals surface area contributed by atoms with Crippen molar-refractivity contribution in [3.8, 4) is 0 Å². The summed E-state index contributed by atoms with van der Waals surface area (Å²) in [4.78, 5) is 12.1. The third kappa shape index (κ3) is 4.36. The molecule has 164 valence electrons. The maximum Gasteiger partial charge on any atom is 0.435 e. The van der Waals surface area contributed by atoms with Gasteiger partial charge >= 0.3 is 18.0 Å². The molecule has 0 radical (unpaired) electrons. The Bertz CT molecular complexity index is 963. The van der Waals surface area contributed by atoms with E-state index in [1.807, 2.05) is 0 Å². The molecule has 0 aliphatic carbocycles. The Morgan fingerprint density at radius 2 is 1.60 bits per heavy atom. The Morgan fingerprint density at radius 3 is 2.07 bits per heavy atom. The van der Waals surface area contributed by atoms with E-state index in [0.29, 0.717) is 17.8 Å². The number of alkyl halides is 7. The second-order valence-corrected chi connectivity index (χ2v) is 7.58. The van der Waals surface area contributed by atoms with E-state index in [1.54, 1.807) is 0 Å². The van der Waals surface area contributed by atoms with E-state index in [4.69, 9.17) is 5.73 Å². The molecule has 0 spiro atoms. The first-order chi connectivity index (χ1) is 13.6. The number of nitrogens with one attached hydrogen (secondary N) is 1. The molecular formula is C17H11BrF8N2OS. The highest BCUT2D eigenvalue weighted by atomic mass is 79.9. The molecule has 1 amide bonds. The zero-order valence-electron chi connectivity index (χ0n) is 14.7. The lowest BCUT2D eigenvalue weighted by molar-refractivity contribution is -0.348. The van der Waals surface area contributed by atoms with E-state index in [9.17, 15) is 39.9 Å². The number of amides is 1. The van der Waals surface area contributed by atoms with Crippen LogP contribution in [0.25, 0.3) is 0 Å². The number of nitrogen functional groups attached to an aromatic ring is 1. The van der Waals surface area contributed by atoms with Crippen LogP contribution in [0.1, 0.15) is 15.9 Å². The Morgan fingerprint density at radius 1 is 1.03 bits per heavy atom. The largest absolute Gasteiger partial charge is 0.435 e. The van der Waals surface area contributed by atoms with Crippen LogP contribution >= 0.6 is 27.7 Å². The number of nitrogens with two attached hydrogens (primary N) is 1. The fraction of sp³-hybridized carbons (Fsp3) is 0.235. The summed E-state index contributed by atoms with van der Waals surface area (Å²) in [5, 5.41) is 2.28. The average molecular weight is 523 g/mol. The molecule has 2 aromatic rings. The maximum absolute atomic E-state index is 14.4. The van der Waals surface area contributed by atoms with Crippen molar-refractivity contribution in [1.82, 2.24) is 0 Å². The highest BCUT2D eigenvalue weighted by Gasteiger charge is 2.73. The molecule has 0 bridgehead atoms. The van der Waals surface area contributed by atoms with Crippen molar-refractivity contribution < 1.29 is 39.9 Å². The molecular weight excluding hydrogens is 512 g/mol. The number of halogens is 9. The summed E-state index contributed by atoms with van der Waals surface area (Å²) in [5.41, 5.74) is -2.64. The van der Waals surface area contributed by atoms with Gasteiger partial charge in [-0.1, -0.05) is 0 Å². The fourth-order valence-electron chi connectivity index (χ4n) is 2.42. The van der Waals surface area contributed by atoms with Crippen molar-refractivity contribution in [2.24, 2.45) is 0 Å². The average Bonchev–Trinajstić information content (AvgIpc) is 2.62. The number of hydrogen-bond acceptors (Lipinski definition) is 3. The Kier molecular flexibility index (Phi) is 6.67. The van der Waals surface area contributed by atoms with Crippen LogP contribution in [0.15, 0.2) is 39.7 Å². The normalized spacial score (nSPS) is 12.7. The zero-order valence-corrected chi connectivity index (χ0v) is 17.1. The van der Waals surface area contributed by atoms with Crippen molar-refractivity contribution in [3.63, 3.8) is 0 Å². The van der Waals surface area contributed by atoms with Gasteiger partial charge in [0.25, 0.3) is 5.91 Å². The van der Waals surface area contributed by atoms with Crippen molar-refractivity contribution in [3.05, 3.63) is 51.7 Å². The van der Waals surface area contributed by atoms with Crippen LogP contribution in [0.4, 0.5) is 46.5 Å². The number of anilines is 2. The molecule has 2 rings (SSSR count). The second kappa shape index (κ2) is 8.25. The molecule has 0 saturated carbocycles. The number of carbonyl (C=O) groups excluding carboxylic acids is 1. The molecule has 0 heterocycles. The van der Waals surface area contributed by atoms with Gasteiger partial charge in [-0.05, 0) is 52.5 Å². The SMILES string of the molecule is CSc1cc(C(F)(C(F)(F)F)C(F)(F)F)cc(Br)c1NC(=O)c1ccc(F)c(N)c1. The summed E-state index contributed by atoms with van der Waals surface area (Å²) in [5.74, 6) is -1.66. The molecule has 0 unspecified atom stereocenters. The van der Waals surface area contributed by atoms with Gasteiger partial charge in [-0.2, -0.15) is 26.3 Å². The molecule has 3 nitrogen and oxygen atoms in total. The number of benzene rings is 2. The maximum atomic E-state index is 14.4. The van der Waals surface area contributed by atoms with Crippen LogP contribution in [-0.4, -0.2) is 24.5 Å². The summed E-state index contributed by atoms with van der Waals surface area (Å²) >= 11 is 3.45. The fourth-order valence-corrected chi connectivity index (χ4v) is 3.72. The molecule has 0 atom stereocenters. The zero-order chi connectivity index (χ0) is 23.1. The van der Waals surface area contributed by atoms with Gasteiger partial charge in [-0.3, -0.25) is 4.79 Å². The first kappa shape index (κ1) is 24.3. The molecule has 0 aromatic heterocycles. The first-order valence-corrected chi connectivity index (χ1v) is 9.72. The van der Waals surface area contributed by atoms with Gasteiger partial charge in [0.1, 0.15) is 5.82 Å². The molecule has 2 aromatic carbocycles. The van der Waals surface area contributed by atoms with Crippen LogP contribution in [-0.2, 0) is 5.67 Å². The lowest BCUT2D eigenvalue weighted by Crippen LogP contribution is -2.50. The van der Waals surface area contributed by atoms with Crippen LogP contribution in [0.2, 0.25) is 0 Å². The van der Waals surface area contributed by atoms with Gasteiger partial charge < -0.3 is 11.1 Å². The van der Waals surface area contributed by atoms with Crippen LogP contribution < -0.4 is 11.1 Å². The van der Waals surface area contributed by atoms with Gasteiger partial charge in [-0.25, -0.2) is 8.78 Å². The predicted molar refractivity (Wildman–Crippen MR) is 99.6 cm³/mol. The lowest BCUT2D eigenvalue weighted by Gasteiger charge is -2.31. The Hall–Kier alpha value is -2.02. The molecule has 3 N–H and O–H groups in total. The second-order valence-electron chi connectivity index (χ2n) is 5.88. The number of rotatable bonds is 4. The van der Waals surface area contributed by atoms with Crippen molar-refractivity contribution in [1.29, 1.82) is 0 Å². The number of hydrogen-bond donors (Lipinski definition) is 2. The Balaban J connectivity index is 2.55. The molecule has 0 aliphatic heterocycles. The van der Waals surface area contributed by atoms with Gasteiger partial charge in [0, 0.05) is 20.5 Å². The minimum Gasteiger partial charge on any atom is -0.396 e. The van der Waals surface area contributed by atoms with Crippen molar-refractivity contribution in [2.45, 2.75) is 22.9 Å². The van der Waals surface area contributed by atoms with Crippen LogP contribution in [0, 0.1) is 5.82 Å². The van der Waals surface area contributed by atoms with Gasteiger partial charge in [-0.15, -0.1) is 11.8 Å². The topological polar surface area (TPSA) is 55.1 Å². The van der Waals surface area contributed by atoms with Gasteiger partial charge in [0.15, 0.2) is 0 Å². The third-order valence-corrected chi connectivity index (χ3v) is 5.34. The minimum absolute atomic E-state index is 0.123. The number of carbonyl (C=O) groups is 1. The van der Waals surface area contributed by atoms with Crippen LogP contribution in [0.5, 0.6) is 0 Å². The highest BCUT2D eigenvalue weighted by Crippen LogP contribution is 2.54. The summed E-state index contributed by atoms with van der Waals surface area (Å²) in [6.45, 7) is 0. The summed E-state index contributed by atoms with van der Waals surface area (Å²) in [7, 11) is 0. The van der Waals surface area contributed by atoms with E-state index in [1.165, 1.54) is 6.26 Å². The van der Waals surface area contributed by atoms with E-state index < -0.39 is 39.8 Å². The van der Waals surface area contributed by atoms with E-state index in [-0.39, 0.29) is 27.9 Å². The summed E-state index contributed by atoms with van der Waals surface area (Å²) < 4.78 is 105. The van der Waals surface area contributed by atoms with Crippen molar-refractivity contribution >= 4 is 45.0 Å². The quantitative estimate of drug-likeness (QED) is 0.276. The van der Waals surface area contributed by atoms with Crippen molar-refractivity contribution in [2.75, 3.05) is 17.3 Å². The highest BCUT2D eigenvalue weighted by molar-refractivity contribution is 9.10. The standard InChI is InChI=1S/C17H11BrF8N2OS/c1-30-12-6-8(15(20,16(21,22)23)17(24,25)26)5-9(18)13(12)28-14(29)7-2-3-10(19)11(27)4-7/h2-6H,27H2,1H3,(H,28,29). The smallest absolute Gasteiger partial charge is 0.396 e.